The summed E-state index contributed by atoms with van der Waals surface area (Å²) in [6.45, 7) is 0.223. The van der Waals surface area contributed by atoms with Crippen LogP contribution >= 0.6 is 38.9 Å². The molecule has 9 heteroatoms. The molecule has 2 aromatic rings. The van der Waals surface area contributed by atoms with E-state index < -0.39 is 0 Å². The zero-order valence-corrected chi connectivity index (χ0v) is 14.1. The highest BCUT2D eigenvalue weighted by Gasteiger charge is 2.10. The maximum atomic E-state index is 11.8. The van der Waals surface area contributed by atoms with Gasteiger partial charge in [-0.3, -0.25) is 10.1 Å². The fourth-order valence-corrected chi connectivity index (χ4v) is 2.90. The second-order valence-electron chi connectivity index (χ2n) is 3.85. The van der Waals surface area contributed by atoms with Gasteiger partial charge in [-0.2, -0.15) is 0 Å². The average Bonchev–Trinajstić information content (AvgIpc) is 2.85. The molecule has 1 N–H and O–H groups in total. The van der Waals surface area contributed by atoms with Gasteiger partial charge in [0.15, 0.2) is 6.61 Å². The fraction of sp³-hybridized carbons (Fsp3) is 0.250. The molecule has 0 saturated heterocycles. The summed E-state index contributed by atoms with van der Waals surface area (Å²) < 4.78 is 11.0. The Balaban J connectivity index is 1.86. The third-order valence-corrected chi connectivity index (χ3v) is 3.90. The molecule has 21 heavy (non-hydrogen) atoms. The molecule has 6 nitrogen and oxygen atoms in total. The van der Waals surface area contributed by atoms with Crippen LogP contribution in [0.25, 0.3) is 0 Å². The topological polar surface area (TPSA) is 73.3 Å². The van der Waals surface area contributed by atoms with E-state index >= 15 is 0 Å². The van der Waals surface area contributed by atoms with Crippen molar-refractivity contribution in [3.8, 4) is 5.75 Å². The number of ether oxygens (including phenoxy) is 2. The minimum Gasteiger partial charge on any atom is -0.483 e. The largest absolute Gasteiger partial charge is 0.483 e. The van der Waals surface area contributed by atoms with Crippen molar-refractivity contribution < 1.29 is 14.3 Å². The summed E-state index contributed by atoms with van der Waals surface area (Å²) in [6, 6.07) is 5.05. The molecule has 112 valence electrons. The number of hydrogen-bond donors (Lipinski definition) is 1. The van der Waals surface area contributed by atoms with Gasteiger partial charge in [0.25, 0.3) is 5.91 Å². The van der Waals surface area contributed by atoms with Gasteiger partial charge in [0.05, 0.1) is 4.47 Å². The van der Waals surface area contributed by atoms with Gasteiger partial charge in [0.2, 0.25) is 5.13 Å². The fourth-order valence-electron chi connectivity index (χ4n) is 1.38. The van der Waals surface area contributed by atoms with Crippen LogP contribution in [0.4, 0.5) is 5.13 Å². The predicted molar refractivity (Wildman–Crippen MR) is 83.9 cm³/mol. The number of amides is 1. The van der Waals surface area contributed by atoms with E-state index in [1.807, 2.05) is 0 Å². The monoisotopic (exact) mass is 391 g/mol. The molecule has 0 aliphatic rings. The molecule has 0 fully saturated rings. The van der Waals surface area contributed by atoms with Crippen molar-refractivity contribution in [2.24, 2.45) is 0 Å². The number of aromatic nitrogens is 2. The number of nitrogens with one attached hydrogen (secondary N) is 1. The van der Waals surface area contributed by atoms with Gasteiger partial charge >= 0.3 is 0 Å². The standard InChI is InChI=1S/C12H11BrClN3O3S/c1-19-6-11-16-17-12(21-11)15-10(18)5-20-9-3-2-7(14)4-8(9)13/h2-4H,5-6H2,1H3,(H,15,17,18). The lowest BCUT2D eigenvalue weighted by Gasteiger charge is -2.07. The zero-order chi connectivity index (χ0) is 15.2. The first-order valence-electron chi connectivity index (χ1n) is 5.77. The lowest BCUT2D eigenvalue weighted by Crippen LogP contribution is -2.20. The van der Waals surface area contributed by atoms with Gasteiger partial charge in [0, 0.05) is 12.1 Å². The van der Waals surface area contributed by atoms with E-state index in [-0.39, 0.29) is 12.5 Å². The highest BCUT2D eigenvalue weighted by molar-refractivity contribution is 9.10. The molecular formula is C12H11BrClN3O3S. The van der Waals surface area contributed by atoms with Gasteiger partial charge in [-0.15, -0.1) is 10.2 Å². The van der Waals surface area contributed by atoms with E-state index in [2.05, 4.69) is 31.4 Å². The molecule has 1 aromatic heterocycles. The van der Waals surface area contributed by atoms with Crippen molar-refractivity contribution in [2.75, 3.05) is 19.0 Å². The van der Waals surface area contributed by atoms with Crippen LogP contribution in [0, 0.1) is 0 Å². The van der Waals surface area contributed by atoms with Gasteiger partial charge in [0.1, 0.15) is 17.4 Å². The van der Waals surface area contributed by atoms with Crippen LogP contribution in [-0.2, 0) is 16.1 Å². The lowest BCUT2D eigenvalue weighted by molar-refractivity contribution is -0.118. The van der Waals surface area contributed by atoms with Crippen LogP contribution in [0.15, 0.2) is 22.7 Å². The van der Waals surface area contributed by atoms with E-state index in [0.29, 0.717) is 32.0 Å². The number of halogens is 2. The Bertz CT molecular complexity index is 638. The number of rotatable bonds is 6. The summed E-state index contributed by atoms with van der Waals surface area (Å²) in [5, 5.41) is 12.0. The van der Waals surface area contributed by atoms with Crippen LogP contribution in [0.3, 0.4) is 0 Å². The maximum Gasteiger partial charge on any atom is 0.264 e. The molecule has 0 bridgehead atoms. The smallest absolute Gasteiger partial charge is 0.264 e. The summed E-state index contributed by atoms with van der Waals surface area (Å²) >= 11 is 10.4. The van der Waals surface area contributed by atoms with Crippen molar-refractivity contribution in [1.82, 2.24) is 10.2 Å². The SMILES string of the molecule is COCc1nnc(NC(=O)COc2ccc(Cl)cc2Br)s1. The number of anilines is 1. The van der Waals surface area contributed by atoms with E-state index in [1.54, 1.807) is 25.3 Å². The minimum atomic E-state index is -0.322. The molecule has 0 unspecified atom stereocenters. The van der Waals surface area contributed by atoms with Crippen molar-refractivity contribution in [1.29, 1.82) is 0 Å². The second-order valence-corrected chi connectivity index (χ2v) is 6.20. The Morgan fingerprint density at radius 2 is 2.29 bits per heavy atom. The van der Waals surface area contributed by atoms with Crippen molar-refractivity contribution in [3.63, 3.8) is 0 Å². The number of carbonyl (C=O) groups is 1. The molecule has 0 radical (unpaired) electrons. The lowest BCUT2D eigenvalue weighted by atomic mass is 10.3. The van der Waals surface area contributed by atoms with Crippen LogP contribution in [0.2, 0.25) is 5.02 Å². The van der Waals surface area contributed by atoms with E-state index in [4.69, 9.17) is 21.1 Å². The van der Waals surface area contributed by atoms with Crippen LogP contribution in [0.5, 0.6) is 5.75 Å². The number of methoxy groups -OCH3 is 1. The molecule has 1 aromatic carbocycles. The number of benzene rings is 1. The molecule has 0 spiro atoms. The molecule has 0 aliphatic carbocycles. The van der Waals surface area contributed by atoms with Gasteiger partial charge < -0.3 is 9.47 Å². The van der Waals surface area contributed by atoms with E-state index in [1.165, 1.54) is 11.3 Å². The third kappa shape index (κ3) is 4.92. The number of nitrogens with zero attached hydrogens (tertiary/aromatic N) is 2. The summed E-state index contributed by atoms with van der Waals surface area (Å²) in [6.07, 6.45) is 0. The summed E-state index contributed by atoms with van der Waals surface area (Å²) in [5.74, 6) is 0.212. The molecule has 1 amide bonds. The van der Waals surface area contributed by atoms with Crippen molar-refractivity contribution in [2.45, 2.75) is 6.61 Å². The molecule has 0 aliphatic heterocycles. The summed E-state index contributed by atoms with van der Waals surface area (Å²) in [5.41, 5.74) is 0. The van der Waals surface area contributed by atoms with Crippen LogP contribution < -0.4 is 10.1 Å². The van der Waals surface area contributed by atoms with Crippen LogP contribution in [0.1, 0.15) is 5.01 Å². The van der Waals surface area contributed by atoms with Gasteiger partial charge in [-0.25, -0.2) is 0 Å². The Hall–Kier alpha value is -1.22. The molecule has 0 atom stereocenters. The molecular weight excluding hydrogens is 382 g/mol. The quantitative estimate of drug-likeness (QED) is 0.817. The van der Waals surface area contributed by atoms with E-state index in [0.717, 1.165) is 0 Å². The summed E-state index contributed by atoms with van der Waals surface area (Å²) in [7, 11) is 1.57. The Labute approximate surface area is 138 Å². The highest BCUT2D eigenvalue weighted by atomic mass is 79.9. The minimum absolute atomic E-state index is 0.139. The highest BCUT2D eigenvalue weighted by Crippen LogP contribution is 2.27. The van der Waals surface area contributed by atoms with Gasteiger partial charge in [-0.05, 0) is 34.1 Å². The van der Waals surface area contributed by atoms with E-state index in [9.17, 15) is 4.79 Å². The zero-order valence-electron chi connectivity index (χ0n) is 10.9. The first-order chi connectivity index (χ1) is 10.1. The average molecular weight is 393 g/mol. The Morgan fingerprint density at radius 3 is 3.00 bits per heavy atom. The molecule has 1 heterocycles. The normalized spacial score (nSPS) is 10.4. The van der Waals surface area contributed by atoms with Gasteiger partial charge in [-0.1, -0.05) is 22.9 Å². The number of carbonyl (C=O) groups excluding carboxylic acids is 1. The summed E-state index contributed by atoms with van der Waals surface area (Å²) in [4.78, 5) is 11.8. The Kier molecular flexibility index (Phi) is 5.92. The molecule has 2 rings (SSSR count). The first-order valence-corrected chi connectivity index (χ1v) is 7.76. The first kappa shape index (κ1) is 16.2. The van der Waals surface area contributed by atoms with Crippen molar-refractivity contribution in [3.05, 3.63) is 32.7 Å². The third-order valence-electron chi connectivity index (χ3n) is 2.23. The predicted octanol–water partition coefficient (Wildman–Crippen LogP) is 3.12. The van der Waals surface area contributed by atoms with Crippen molar-refractivity contribution >= 4 is 49.9 Å². The number of hydrogen-bond acceptors (Lipinski definition) is 6. The maximum absolute atomic E-state index is 11.8. The molecule has 0 saturated carbocycles. The second kappa shape index (κ2) is 7.69. The Morgan fingerprint density at radius 1 is 1.48 bits per heavy atom. The van der Waals surface area contributed by atoms with Crippen LogP contribution in [-0.4, -0.2) is 29.8 Å².